The van der Waals surface area contributed by atoms with Gasteiger partial charge in [-0.2, -0.15) is 0 Å². The summed E-state index contributed by atoms with van der Waals surface area (Å²) in [6.07, 6.45) is 6.56. The van der Waals surface area contributed by atoms with E-state index in [0.29, 0.717) is 28.6 Å². The molecule has 6 N–H and O–H groups in total. The van der Waals surface area contributed by atoms with Gasteiger partial charge >= 0.3 is 0 Å². The highest BCUT2D eigenvalue weighted by atomic mass is 15.2. The van der Waals surface area contributed by atoms with Crippen molar-refractivity contribution in [3.8, 4) is 0 Å². The Hall–Kier alpha value is -3.13. The van der Waals surface area contributed by atoms with E-state index in [9.17, 15) is 0 Å². The van der Waals surface area contributed by atoms with Crippen molar-refractivity contribution in [1.82, 2.24) is 9.97 Å². The summed E-state index contributed by atoms with van der Waals surface area (Å²) in [5.41, 5.74) is 14.3. The number of nitrogens with zero attached hydrogens (tertiary/aromatic N) is 4. The Bertz CT molecular complexity index is 899. The molecule has 0 amide bonds. The van der Waals surface area contributed by atoms with Crippen LogP contribution in [0.2, 0.25) is 0 Å². The maximum Gasteiger partial charge on any atom is 0.129 e. The predicted octanol–water partition coefficient (Wildman–Crippen LogP) is 2.08. The lowest BCUT2D eigenvalue weighted by atomic mass is 9.97. The van der Waals surface area contributed by atoms with Gasteiger partial charge in [-0.05, 0) is 43.5 Å². The van der Waals surface area contributed by atoms with Crippen LogP contribution in [0.3, 0.4) is 0 Å². The molecule has 1 aliphatic rings. The number of aliphatic imine (C=N–C) groups is 1. The first kappa shape index (κ1) is 20.6. The lowest BCUT2D eigenvalue weighted by Crippen LogP contribution is -2.36. The summed E-state index contributed by atoms with van der Waals surface area (Å²) in [4.78, 5) is 15.3. The van der Waals surface area contributed by atoms with Gasteiger partial charge in [-0.3, -0.25) is 15.4 Å². The second kappa shape index (κ2) is 9.38. The third-order valence-corrected chi connectivity index (χ3v) is 5.32. The van der Waals surface area contributed by atoms with Crippen LogP contribution in [0.4, 0.5) is 11.5 Å². The van der Waals surface area contributed by atoms with Crippen LogP contribution in [0, 0.1) is 16.7 Å². The normalized spacial score (nSPS) is 16.1. The number of hydrogen-bond donors (Lipinski definition) is 4. The van der Waals surface area contributed by atoms with Crippen LogP contribution < -0.4 is 16.4 Å². The maximum atomic E-state index is 8.68. The fraction of sp³-hybridized carbons (Fsp3) is 0.381. The number of piperidine rings is 1. The number of nitrogens with one attached hydrogen (secondary N) is 2. The number of rotatable bonds is 7. The molecule has 1 atom stereocenters. The first-order valence-corrected chi connectivity index (χ1v) is 9.77. The molecule has 0 spiro atoms. The molecule has 0 aromatic carbocycles. The Balaban J connectivity index is 1.86. The number of anilines is 2. The Labute approximate surface area is 171 Å². The SMILES string of the molecule is CN=CC(C=N)c1cc(C(=N)c2cccc(N3CCC(CN)CC3)n2)c(N)cn1. The molecule has 152 valence electrons. The fourth-order valence-electron chi connectivity index (χ4n) is 3.52. The molecule has 0 saturated carbocycles. The zero-order valence-corrected chi connectivity index (χ0v) is 16.7. The van der Waals surface area contributed by atoms with Crippen molar-refractivity contribution < 1.29 is 0 Å². The summed E-state index contributed by atoms with van der Waals surface area (Å²) < 4.78 is 0. The van der Waals surface area contributed by atoms with Gasteiger partial charge in [0, 0.05) is 38.1 Å². The van der Waals surface area contributed by atoms with Crippen LogP contribution in [-0.2, 0) is 0 Å². The molecule has 8 heteroatoms. The predicted molar refractivity (Wildman–Crippen MR) is 119 cm³/mol. The zero-order chi connectivity index (χ0) is 20.8. The third-order valence-electron chi connectivity index (χ3n) is 5.32. The minimum atomic E-state index is -0.352. The average molecular weight is 393 g/mol. The first-order chi connectivity index (χ1) is 14.1. The molecule has 2 aromatic rings. The molecule has 0 bridgehead atoms. The first-order valence-electron chi connectivity index (χ1n) is 9.77. The van der Waals surface area contributed by atoms with E-state index in [0.717, 1.165) is 38.3 Å². The molecular weight excluding hydrogens is 364 g/mol. The highest BCUT2D eigenvalue weighted by molar-refractivity contribution is 6.13. The van der Waals surface area contributed by atoms with Gasteiger partial charge in [-0.15, -0.1) is 0 Å². The van der Waals surface area contributed by atoms with E-state index in [1.165, 1.54) is 12.4 Å². The molecule has 8 nitrogen and oxygen atoms in total. The van der Waals surface area contributed by atoms with Crippen molar-refractivity contribution in [2.45, 2.75) is 18.8 Å². The number of aromatic nitrogens is 2. The van der Waals surface area contributed by atoms with E-state index < -0.39 is 0 Å². The van der Waals surface area contributed by atoms with Crippen LogP contribution in [-0.4, -0.2) is 54.8 Å². The Kier molecular flexibility index (Phi) is 6.66. The summed E-state index contributed by atoms with van der Waals surface area (Å²) in [7, 11) is 1.66. The van der Waals surface area contributed by atoms with Crippen LogP contribution in [0.1, 0.15) is 35.7 Å². The van der Waals surface area contributed by atoms with Gasteiger partial charge in [0.05, 0.1) is 34.9 Å². The fourth-order valence-corrected chi connectivity index (χ4v) is 3.52. The summed E-state index contributed by atoms with van der Waals surface area (Å²) in [6, 6.07) is 7.46. The van der Waals surface area contributed by atoms with Crippen LogP contribution >= 0.6 is 0 Å². The van der Waals surface area contributed by atoms with Gasteiger partial charge < -0.3 is 21.8 Å². The van der Waals surface area contributed by atoms with Crippen molar-refractivity contribution >= 4 is 29.6 Å². The Morgan fingerprint density at radius 2 is 2.14 bits per heavy atom. The van der Waals surface area contributed by atoms with Crippen molar-refractivity contribution in [1.29, 1.82) is 10.8 Å². The van der Waals surface area contributed by atoms with Crippen LogP contribution in [0.25, 0.3) is 0 Å². The Morgan fingerprint density at radius 1 is 1.38 bits per heavy atom. The minimum absolute atomic E-state index is 0.238. The number of hydrogen-bond acceptors (Lipinski definition) is 8. The second-order valence-electron chi connectivity index (χ2n) is 7.22. The van der Waals surface area contributed by atoms with E-state index in [-0.39, 0.29) is 11.6 Å². The highest BCUT2D eigenvalue weighted by Crippen LogP contribution is 2.23. The quantitative estimate of drug-likeness (QED) is 0.534. The molecular formula is C21H28N8. The van der Waals surface area contributed by atoms with Gasteiger partial charge in [0.1, 0.15) is 5.82 Å². The lowest BCUT2D eigenvalue weighted by molar-refractivity contribution is 0.413. The van der Waals surface area contributed by atoms with Crippen molar-refractivity contribution in [2.75, 3.05) is 37.3 Å². The maximum absolute atomic E-state index is 8.68. The van der Waals surface area contributed by atoms with Gasteiger partial charge in [0.2, 0.25) is 0 Å². The van der Waals surface area contributed by atoms with Crippen LogP contribution in [0.15, 0.2) is 35.5 Å². The molecule has 29 heavy (non-hydrogen) atoms. The van der Waals surface area contributed by atoms with Gasteiger partial charge in [-0.1, -0.05) is 6.07 Å². The standard InChI is InChI=1S/C21H28N8/c1-26-12-15(11-23)19-9-16(17(24)13-27-19)21(25)18-3-2-4-20(28-18)29-7-5-14(10-22)6-8-29/h2-4,9,11-15,23,25H,5-8,10,22,24H2,1H3. The summed E-state index contributed by atoms with van der Waals surface area (Å²) in [5, 5.41) is 16.3. The third kappa shape index (κ3) is 4.65. The highest BCUT2D eigenvalue weighted by Gasteiger charge is 2.20. The number of nitrogens with two attached hydrogens (primary N) is 2. The molecule has 0 aliphatic carbocycles. The van der Waals surface area contributed by atoms with E-state index >= 15 is 0 Å². The van der Waals surface area contributed by atoms with E-state index in [1.54, 1.807) is 19.3 Å². The Morgan fingerprint density at radius 3 is 2.79 bits per heavy atom. The summed E-state index contributed by atoms with van der Waals surface area (Å²) in [5.74, 6) is 1.09. The lowest BCUT2D eigenvalue weighted by Gasteiger charge is -2.32. The van der Waals surface area contributed by atoms with E-state index in [1.807, 2.05) is 18.2 Å². The number of nitrogen functional groups attached to an aromatic ring is 1. The largest absolute Gasteiger partial charge is 0.397 e. The van der Waals surface area contributed by atoms with Crippen molar-refractivity contribution in [3.05, 3.63) is 47.4 Å². The molecule has 1 aliphatic heterocycles. The van der Waals surface area contributed by atoms with Crippen LogP contribution in [0.5, 0.6) is 0 Å². The van der Waals surface area contributed by atoms with Gasteiger partial charge in [0.15, 0.2) is 0 Å². The topological polar surface area (TPSA) is 141 Å². The zero-order valence-electron chi connectivity index (χ0n) is 16.7. The minimum Gasteiger partial charge on any atom is -0.397 e. The summed E-state index contributed by atoms with van der Waals surface area (Å²) >= 11 is 0. The molecule has 3 rings (SSSR count). The monoisotopic (exact) mass is 392 g/mol. The number of pyridine rings is 2. The smallest absolute Gasteiger partial charge is 0.129 e. The molecule has 2 aromatic heterocycles. The van der Waals surface area contributed by atoms with E-state index in [2.05, 4.69) is 14.9 Å². The summed E-state index contributed by atoms with van der Waals surface area (Å²) in [6.45, 7) is 2.57. The van der Waals surface area contributed by atoms with Gasteiger partial charge in [0.25, 0.3) is 0 Å². The van der Waals surface area contributed by atoms with Gasteiger partial charge in [-0.25, -0.2) is 4.98 Å². The average Bonchev–Trinajstić information content (AvgIpc) is 2.77. The van der Waals surface area contributed by atoms with Crippen molar-refractivity contribution in [2.24, 2.45) is 16.6 Å². The molecule has 0 radical (unpaired) electrons. The molecule has 1 fully saturated rings. The molecule has 1 unspecified atom stereocenters. The molecule has 3 heterocycles. The van der Waals surface area contributed by atoms with Crippen molar-refractivity contribution in [3.63, 3.8) is 0 Å². The second-order valence-corrected chi connectivity index (χ2v) is 7.22. The molecule has 1 saturated heterocycles. The van der Waals surface area contributed by atoms with E-state index in [4.69, 9.17) is 27.3 Å².